The molecule has 2 unspecified atom stereocenters. The van der Waals surface area contributed by atoms with Crippen LogP contribution in [0.3, 0.4) is 0 Å². The van der Waals surface area contributed by atoms with Gasteiger partial charge in [0.05, 0.1) is 11.7 Å². The molecule has 0 heterocycles. The first kappa shape index (κ1) is 14.1. The predicted molar refractivity (Wildman–Crippen MR) is 65.7 cm³/mol. The Balaban J connectivity index is 2.95. The second-order valence-corrected chi connectivity index (χ2v) is 4.49. The Morgan fingerprint density at radius 1 is 1.41 bits per heavy atom. The van der Waals surface area contributed by atoms with Gasteiger partial charge in [-0.3, -0.25) is 0 Å². The zero-order chi connectivity index (χ0) is 13.0. The van der Waals surface area contributed by atoms with Crippen LogP contribution in [0.5, 0.6) is 0 Å². The average molecular weight is 304 g/mol. The maximum absolute atomic E-state index is 10.7. The van der Waals surface area contributed by atoms with Crippen molar-refractivity contribution >= 4 is 21.9 Å². The topological polar surface area (TPSA) is 104 Å². The molecule has 6 heteroatoms. The standard InChI is InChI=1S/C11H14BrNO4/c12-8-5-6(11(16)17)1-2-7(8)10(15)9(14)3-4-13/h1-2,5,9-10,14-15H,3-4,13H2,(H,16,17). The lowest BCUT2D eigenvalue weighted by Crippen LogP contribution is -2.22. The third-order valence-electron chi connectivity index (χ3n) is 2.39. The Kier molecular flexibility index (Phi) is 5.07. The number of carbonyl (C=O) groups is 1. The van der Waals surface area contributed by atoms with Crippen LogP contribution in [0.25, 0.3) is 0 Å². The SMILES string of the molecule is NCCC(O)C(O)c1ccc(C(=O)O)cc1Br. The Bertz CT molecular complexity index is 410. The molecule has 0 bridgehead atoms. The highest BCUT2D eigenvalue weighted by atomic mass is 79.9. The number of hydrogen-bond donors (Lipinski definition) is 4. The number of carboxylic acid groups (broad SMARTS) is 1. The summed E-state index contributed by atoms with van der Waals surface area (Å²) < 4.78 is 0.445. The van der Waals surface area contributed by atoms with Gasteiger partial charge in [0.2, 0.25) is 0 Å². The molecule has 5 N–H and O–H groups in total. The number of rotatable bonds is 5. The number of halogens is 1. The highest BCUT2D eigenvalue weighted by Crippen LogP contribution is 2.27. The van der Waals surface area contributed by atoms with E-state index in [4.69, 9.17) is 10.8 Å². The van der Waals surface area contributed by atoms with Gasteiger partial charge in [-0.05, 0) is 30.7 Å². The van der Waals surface area contributed by atoms with E-state index >= 15 is 0 Å². The summed E-state index contributed by atoms with van der Waals surface area (Å²) in [6.07, 6.45) is -1.78. The van der Waals surface area contributed by atoms with E-state index in [1.165, 1.54) is 18.2 Å². The minimum absolute atomic E-state index is 0.112. The molecule has 1 aromatic carbocycles. The maximum Gasteiger partial charge on any atom is 0.335 e. The summed E-state index contributed by atoms with van der Waals surface area (Å²) >= 11 is 3.17. The minimum atomic E-state index is -1.09. The zero-order valence-corrected chi connectivity index (χ0v) is 10.6. The summed E-state index contributed by atoms with van der Waals surface area (Å²) in [5.41, 5.74) is 5.84. The van der Waals surface area contributed by atoms with Gasteiger partial charge < -0.3 is 21.1 Å². The lowest BCUT2D eigenvalue weighted by Gasteiger charge is -2.18. The molecule has 0 saturated heterocycles. The van der Waals surface area contributed by atoms with Crippen molar-refractivity contribution in [3.63, 3.8) is 0 Å². The van der Waals surface area contributed by atoms with Crippen LogP contribution >= 0.6 is 15.9 Å². The van der Waals surface area contributed by atoms with Gasteiger partial charge in [-0.15, -0.1) is 0 Å². The summed E-state index contributed by atoms with van der Waals surface area (Å²) in [5.74, 6) is -1.05. The molecule has 0 spiro atoms. The van der Waals surface area contributed by atoms with Crippen molar-refractivity contribution in [1.82, 2.24) is 0 Å². The van der Waals surface area contributed by atoms with Crippen LogP contribution in [-0.4, -0.2) is 33.9 Å². The first-order chi connectivity index (χ1) is 7.97. The molecular weight excluding hydrogens is 290 g/mol. The first-order valence-corrected chi connectivity index (χ1v) is 5.85. The highest BCUT2D eigenvalue weighted by molar-refractivity contribution is 9.10. The molecule has 0 aliphatic carbocycles. The van der Waals surface area contributed by atoms with Crippen molar-refractivity contribution in [2.45, 2.75) is 18.6 Å². The van der Waals surface area contributed by atoms with E-state index in [1.807, 2.05) is 0 Å². The number of hydrogen-bond acceptors (Lipinski definition) is 4. The van der Waals surface area contributed by atoms with Crippen LogP contribution in [0.2, 0.25) is 0 Å². The third kappa shape index (κ3) is 3.50. The molecule has 0 aliphatic heterocycles. The normalized spacial score (nSPS) is 14.4. The third-order valence-corrected chi connectivity index (χ3v) is 3.08. The number of carboxylic acids is 1. The summed E-state index contributed by atoms with van der Waals surface area (Å²) in [6, 6.07) is 4.23. The van der Waals surface area contributed by atoms with Gasteiger partial charge in [-0.25, -0.2) is 4.79 Å². The van der Waals surface area contributed by atoms with Crippen molar-refractivity contribution in [3.05, 3.63) is 33.8 Å². The molecule has 0 amide bonds. The number of aromatic carboxylic acids is 1. The van der Waals surface area contributed by atoms with Crippen LogP contribution in [-0.2, 0) is 0 Å². The van der Waals surface area contributed by atoms with Crippen molar-refractivity contribution in [2.75, 3.05) is 6.54 Å². The Labute approximate surface area is 107 Å². The molecule has 0 radical (unpaired) electrons. The van der Waals surface area contributed by atoms with E-state index in [-0.39, 0.29) is 18.5 Å². The zero-order valence-electron chi connectivity index (χ0n) is 9.01. The van der Waals surface area contributed by atoms with Crippen LogP contribution in [0.15, 0.2) is 22.7 Å². The van der Waals surface area contributed by atoms with Crippen molar-refractivity contribution in [1.29, 1.82) is 0 Å². The molecule has 5 nitrogen and oxygen atoms in total. The minimum Gasteiger partial charge on any atom is -0.478 e. The highest BCUT2D eigenvalue weighted by Gasteiger charge is 2.20. The Hall–Kier alpha value is -0.950. The molecule has 17 heavy (non-hydrogen) atoms. The lowest BCUT2D eigenvalue weighted by atomic mass is 10.0. The fourth-order valence-electron chi connectivity index (χ4n) is 1.44. The van der Waals surface area contributed by atoms with E-state index in [9.17, 15) is 15.0 Å². The molecule has 0 fully saturated rings. The van der Waals surface area contributed by atoms with E-state index in [1.54, 1.807) is 0 Å². The predicted octanol–water partition coefficient (Wildman–Crippen LogP) is 0.890. The molecule has 1 aromatic rings. The van der Waals surface area contributed by atoms with Crippen LogP contribution in [0.4, 0.5) is 0 Å². The van der Waals surface area contributed by atoms with Crippen LogP contribution in [0, 0.1) is 0 Å². The Morgan fingerprint density at radius 3 is 2.53 bits per heavy atom. The molecule has 0 aliphatic rings. The van der Waals surface area contributed by atoms with Gasteiger partial charge >= 0.3 is 5.97 Å². The van der Waals surface area contributed by atoms with Gasteiger partial charge in [0.25, 0.3) is 0 Å². The molecule has 0 aromatic heterocycles. The van der Waals surface area contributed by atoms with Gasteiger partial charge in [-0.1, -0.05) is 22.0 Å². The van der Waals surface area contributed by atoms with Crippen LogP contribution < -0.4 is 5.73 Å². The molecule has 2 atom stereocenters. The second-order valence-electron chi connectivity index (χ2n) is 3.63. The fraction of sp³-hybridized carbons (Fsp3) is 0.364. The van der Waals surface area contributed by atoms with E-state index in [0.29, 0.717) is 10.0 Å². The largest absolute Gasteiger partial charge is 0.478 e. The van der Waals surface area contributed by atoms with Crippen molar-refractivity contribution < 1.29 is 20.1 Å². The number of aliphatic hydroxyl groups excluding tert-OH is 2. The maximum atomic E-state index is 10.7. The Morgan fingerprint density at radius 2 is 2.06 bits per heavy atom. The van der Waals surface area contributed by atoms with E-state index in [2.05, 4.69) is 15.9 Å². The van der Waals surface area contributed by atoms with Gasteiger partial charge in [-0.2, -0.15) is 0 Å². The van der Waals surface area contributed by atoms with E-state index < -0.39 is 18.2 Å². The van der Waals surface area contributed by atoms with Gasteiger partial charge in [0.1, 0.15) is 6.10 Å². The molecule has 0 saturated carbocycles. The number of aliphatic hydroxyl groups is 2. The molecular formula is C11H14BrNO4. The quantitative estimate of drug-likeness (QED) is 0.647. The number of benzene rings is 1. The first-order valence-electron chi connectivity index (χ1n) is 5.06. The average Bonchev–Trinajstić information content (AvgIpc) is 2.28. The van der Waals surface area contributed by atoms with Crippen LogP contribution in [0.1, 0.15) is 28.4 Å². The number of nitrogens with two attached hydrogens (primary N) is 1. The van der Waals surface area contributed by atoms with Gasteiger partial charge in [0.15, 0.2) is 0 Å². The van der Waals surface area contributed by atoms with Crippen molar-refractivity contribution in [3.8, 4) is 0 Å². The van der Waals surface area contributed by atoms with E-state index in [0.717, 1.165) is 0 Å². The summed E-state index contributed by atoms with van der Waals surface area (Å²) in [7, 11) is 0. The summed E-state index contributed by atoms with van der Waals surface area (Å²) in [6.45, 7) is 0.267. The van der Waals surface area contributed by atoms with Gasteiger partial charge in [0, 0.05) is 4.47 Å². The fourth-order valence-corrected chi connectivity index (χ4v) is 2.05. The van der Waals surface area contributed by atoms with Crippen molar-refractivity contribution in [2.24, 2.45) is 5.73 Å². The smallest absolute Gasteiger partial charge is 0.335 e. The second kappa shape index (κ2) is 6.11. The molecule has 94 valence electrons. The summed E-state index contributed by atoms with van der Waals surface area (Å²) in [5, 5.41) is 28.2. The molecule has 1 rings (SSSR count). The lowest BCUT2D eigenvalue weighted by molar-refractivity contribution is 0.0146. The monoisotopic (exact) mass is 303 g/mol. The summed E-state index contributed by atoms with van der Waals surface area (Å²) in [4.78, 5) is 10.7.